The summed E-state index contributed by atoms with van der Waals surface area (Å²) in [5.74, 6) is 0. The van der Waals surface area contributed by atoms with Gasteiger partial charge in [-0.2, -0.15) is 0 Å². The largest absolute Gasteiger partial charge is 0.390 e. The Labute approximate surface area is 113 Å². The molecule has 18 heavy (non-hydrogen) atoms. The van der Waals surface area contributed by atoms with Gasteiger partial charge in [0.05, 0.1) is 16.8 Å². The molecule has 1 fully saturated rings. The van der Waals surface area contributed by atoms with Crippen LogP contribution in [0.5, 0.6) is 0 Å². The van der Waals surface area contributed by atoms with E-state index in [1.54, 1.807) is 0 Å². The number of anilines is 1. The van der Waals surface area contributed by atoms with Gasteiger partial charge in [0.2, 0.25) is 0 Å². The molecule has 0 unspecified atom stereocenters. The molecule has 1 heterocycles. The topological polar surface area (TPSA) is 52.7 Å². The highest BCUT2D eigenvalue weighted by atomic mass is 35.5. The highest BCUT2D eigenvalue weighted by Crippen LogP contribution is 2.25. The molecule has 0 aromatic heterocycles. The first kappa shape index (κ1) is 13.6. The van der Waals surface area contributed by atoms with E-state index in [0.29, 0.717) is 13.1 Å². The lowest BCUT2D eigenvalue weighted by Gasteiger charge is -2.37. The lowest BCUT2D eigenvalue weighted by Crippen LogP contribution is -2.49. The number of hydrogen-bond acceptors (Lipinski definition) is 4. The van der Waals surface area contributed by atoms with Gasteiger partial charge in [0.1, 0.15) is 0 Å². The monoisotopic (exact) mass is 269 g/mol. The van der Waals surface area contributed by atoms with Crippen molar-refractivity contribution >= 4 is 17.3 Å². The van der Waals surface area contributed by atoms with E-state index in [2.05, 4.69) is 9.80 Å². The van der Waals surface area contributed by atoms with Crippen LogP contribution in [0.1, 0.15) is 0 Å². The third-order valence-electron chi connectivity index (χ3n) is 3.31. The second kappa shape index (κ2) is 6.38. The van der Waals surface area contributed by atoms with Crippen molar-refractivity contribution in [2.75, 3.05) is 44.2 Å². The Morgan fingerprint density at radius 2 is 1.89 bits per heavy atom. The van der Waals surface area contributed by atoms with Crippen LogP contribution >= 0.6 is 11.6 Å². The van der Waals surface area contributed by atoms with Crippen molar-refractivity contribution in [2.45, 2.75) is 6.10 Å². The Kier molecular flexibility index (Phi) is 4.83. The number of rotatable bonds is 4. The van der Waals surface area contributed by atoms with Gasteiger partial charge in [-0.25, -0.2) is 0 Å². The highest BCUT2D eigenvalue weighted by molar-refractivity contribution is 6.33. The zero-order valence-electron chi connectivity index (χ0n) is 10.4. The molecule has 1 aromatic rings. The molecule has 0 saturated carbocycles. The summed E-state index contributed by atoms with van der Waals surface area (Å²) < 4.78 is 0. The molecule has 5 heteroatoms. The maximum absolute atomic E-state index is 9.54. The molecule has 0 radical (unpaired) electrons. The molecule has 1 saturated heterocycles. The molecule has 0 spiro atoms. The minimum atomic E-state index is -0.420. The predicted molar refractivity (Wildman–Crippen MR) is 75.2 cm³/mol. The maximum atomic E-state index is 9.54. The zero-order chi connectivity index (χ0) is 13.0. The second-order valence-corrected chi connectivity index (χ2v) is 5.04. The van der Waals surface area contributed by atoms with Crippen molar-refractivity contribution in [1.29, 1.82) is 0 Å². The number of β-amino-alcohol motifs (C(OH)–C–C–N with tert-alkyl or cyclic N) is 1. The average Bonchev–Trinajstić information content (AvgIpc) is 2.40. The van der Waals surface area contributed by atoms with Gasteiger partial charge in [0.15, 0.2) is 0 Å². The summed E-state index contributed by atoms with van der Waals surface area (Å²) in [7, 11) is 0. The van der Waals surface area contributed by atoms with Crippen LogP contribution in [0.25, 0.3) is 0 Å². The quantitative estimate of drug-likeness (QED) is 0.848. The van der Waals surface area contributed by atoms with E-state index in [-0.39, 0.29) is 0 Å². The smallest absolute Gasteiger partial charge is 0.0789 e. The number of nitrogens with two attached hydrogens (primary N) is 1. The van der Waals surface area contributed by atoms with Crippen molar-refractivity contribution < 1.29 is 5.11 Å². The van der Waals surface area contributed by atoms with E-state index in [1.165, 1.54) is 0 Å². The van der Waals surface area contributed by atoms with E-state index in [9.17, 15) is 5.11 Å². The Hall–Kier alpha value is -0.810. The van der Waals surface area contributed by atoms with Crippen LogP contribution in [0.15, 0.2) is 24.3 Å². The van der Waals surface area contributed by atoms with Crippen LogP contribution in [0.2, 0.25) is 5.02 Å². The molecule has 3 N–H and O–H groups in total. The molecule has 1 aromatic carbocycles. The normalized spacial score (nSPS) is 18.9. The van der Waals surface area contributed by atoms with Crippen molar-refractivity contribution in [3.63, 3.8) is 0 Å². The van der Waals surface area contributed by atoms with Crippen LogP contribution in [-0.4, -0.2) is 55.4 Å². The summed E-state index contributed by atoms with van der Waals surface area (Å²) >= 11 is 6.19. The summed E-state index contributed by atoms with van der Waals surface area (Å²) in [5.41, 5.74) is 6.52. The zero-order valence-corrected chi connectivity index (χ0v) is 11.2. The standard InChI is InChI=1S/C13H20ClN3O/c14-12-3-1-2-4-13(12)17-7-5-16(6-8-17)10-11(18)9-15/h1-4,11,18H,5-10,15H2/t11-/m0/s1. The molecule has 0 aliphatic carbocycles. The number of hydrogen-bond donors (Lipinski definition) is 2. The van der Waals surface area contributed by atoms with Crippen LogP contribution in [0.3, 0.4) is 0 Å². The highest BCUT2D eigenvalue weighted by Gasteiger charge is 2.19. The number of piperazine rings is 1. The van der Waals surface area contributed by atoms with Crippen LogP contribution in [0.4, 0.5) is 5.69 Å². The summed E-state index contributed by atoms with van der Waals surface area (Å²) in [6, 6.07) is 7.92. The number of halogens is 1. The van der Waals surface area contributed by atoms with E-state index in [0.717, 1.165) is 36.9 Å². The van der Waals surface area contributed by atoms with Gasteiger partial charge in [0, 0.05) is 39.3 Å². The second-order valence-electron chi connectivity index (χ2n) is 4.63. The minimum absolute atomic E-state index is 0.324. The molecular weight excluding hydrogens is 250 g/mol. The Morgan fingerprint density at radius 3 is 2.50 bits per heavy atom. The molecule has 0 amide bonds. The number of aliphatic hydroxyl groups is 1. The van der Waals surface area contributed by atoms with Gasteiger partial charge in [-0.3, -0.25) is 4.90 Å². The Bertz CT molecular complexity index is 380. The fraction of sp³-hybridized carbons (Fsp3) is 0.538. The first-order chi connectivity index (χ1) is 8.70. The molecular formula is C13H20ClN3O. The molecule has 2 rings (SSSR count). The molecule has 4 nitrogen and oxygen atoms in total. The van der Waals surface area contributed by atoms with Crippen LogP contribution < -0.4 is 10.6 Å². The average molecular weight is 270 g/mol. The van der Waals surface area contributed by atoms with Crippen molar-refractivity contribution in [3.05, 3.63) is 29.3 Å². The van der Waals surface area contributed by atoms with Crippen molar-refractivity contribution in [2.24, 2.45) is 5.73 Å². The molecule has 1 atom stereocenters. The lowest BCUT2D eigenvalue weighted by molar-refractivity contribution is 0.115. The van der Waals surface area contributed by atoms with Crippen molar-refractivity contribution in [3.8, 4) is 0 Å². The lowest BCUT2D eigenvalue weighted by atomic mass is 10.2. The molecule has 1 aliphatic heterocycles. The molecule has 100 valence electrons. The Balaban J connectivity index is 1.89. The van der Waals surface area contributed by atoms with Gasteiger partial charge >= 0.3 is 0 Å². The first-order valence-electron chi connectivity index (χ1n) is 6.30. The Morgan fingerprint density at radius 1 is 1.22 bits per heavy atom. The summed E-state index contributed by atoms with van der Waals surface area (Å²) in [4.78, 5) is 4.53. The fourth-order valence-electron chi connectivity index (χ4n) is 2.25. The predicted octanol–water partition coefficient (Wildman–Crippen LogP) is 0.782. The minimum Gasteiger partial charge on any atom is -0.390 e. The van der Waals surface area contributed by atoms with E-state index in [4.69, 9.17) is 17.3 Å². The number of benzene rings is 1. The van der Waals surface area contributed by atoms with Gasteiger partial charge in [-0.15, -0.1) is 0 Å². The number of para-hydroxylation sites is 1. The van der Waals surface area contributed by atoms with Crippen molar-refractivity contribution in [1.82, 2.24) is 4.90 Å². The number of aliphatic hydroxyl groups excluding tert-OH is 1. The molecule has 1 aliphatic rings. The van der Waals surface area contributed by atoms with Crippen LogP contribution in [-0.2, 0) is 0 Å². The van der Waals surface area contributed by atoms with E-state index >= 15 is 0 Å². The first-order valence-corrected chi connectivity index (χ1v) is 6.68. The third kappa shape index (κ3) is 3.36. The summed E-state index contributed by atoms with van der Waals surface area (Å²) in [6.45, 7) is 4.71. The third-order valence-corrected chi connectivity index (χ3v) is 3.63. The van der Waals surface area contributed by atoms with Crippen LogP contribution in [0, 0.1) is 0 Å². The van der Waals surface area contributed by atoms with Gasteiger partial charge in [-0.05, 0) is 12.1 Å². The number of nitrogens with zero attached hydrogens (tertiary/aromatic N) is 2. The molecule has 0 bridgehead atoms. The van der Waals surface area contributed by atoms with Gasteiger partial charge < -0.3 is 15.7 Å². The summed E-state index contributed by atoms with van der Waals surface area (Å²) in [6.07, 6.45) is -0.420. The fourth-order valence-corrected chi connectivity index (χ4v) is 2.51. The van der Waals surface area contributed by atoms with Gasteiger partial charge in [0.25, 0.3) is 0 Å². The SMILES string of the molecule is NC[C@H](O)CN1CCN(c2ccccc2Cl)CC1. The van der Waals surface area contributed by atoms with E-state index in [1.807, 2.05) is 24.3 Å². The van der Waals surface area contributed by atoms with Gasteiger partial charge in [-0.1, -0.05) is 23.7 Å². The summed E-state index contributed by atoms with van der Waals surface area (Å²) in [5, 5.41) is 10.3. The van der Waals surface area contributed by atoms with E-state index < -0.39 is 6.10 Å². The maximum Gasteiger partial charge on any atom is 0.0789 e.